The molecule has 1 aromatic heterocycles. The first-order valence-corrected chi connectivity index (χ1v) is 5.97. The summed E-state index contributed by atoms with van der Waals surface area (Å²) >= 11 is 1.39. The van der Waals surface area contributed by atoms with Crippen LogP contribution in [0.2, 0.25) is 0 Å². The summed E-state index contributed by atoms with van der Waals surface area (Å²) in [6, 6.07) is 0.869. The van der Waals surface area contributed by atoms with Gasteiger partial charge in [0.25, 0.3) is 0 Å². The van der Waals surface area contributed by atoms with Crippen molar-refractivity contribution in [2.24, 2.45) is 0 Å². The average molecular weight is 228 g/mol. The summed E-state index contributed by atoms with van der Waals surface area (Å²) in [5.41, 5.74) is 0. The standard InChI is InChI=1S/C9H16N4OS/c1-7(12-9-5-11-13-15-9)4-8-6-14-3-2-10-8/h5,7-8,10,12H,2-4,6H2,1H3. The molecule has 0 spiro atoms. The Bertz CT molecular complexity index is 274. The van der Waals surface area contributed by atoms with Gasteiger partial charge in [-0.1, -0.05) is 4.49 Å². The van der Waals surface area contributed by atoms with Crippen LogP contribution in [0.5, 0.6) is 0 Å². The molecule has 2 atom stereocenters. The zero-order valence-corrected chi connectivity index (χ0v) is 9.59. The highest BCUT2D eigenvalue weighted by molar-refractivity contribution is 7.09. The average Bonchev–Trinajstić information content (AvgIpc) is 2.71. The SMILES string of the molecule is CC(CC1COCCN1)Nc1cnns1. The van der Waals surface area contributed by atoms with Crippen molar-refractivity contribution in [1.82, 2.24) is 14.9 Å². The number of morpholine rings is 1. The van der Waals surface area contributed by atoms with E-state index in [1.165, 1.54) is 11.5 Å². The lowest BCUT2D eigenvalue weighted by Crippen LogP contribution is -2.43. The third-order valence-electron chi connectivity index (χ3n) is 2.39. The molecule has 0 aliphatic carbocycles. The van der Waals surface area contributed by atoms with E-state index in [1.54, 1.807) is 6.20 Å². The maximum atomic E-state index is 5.41. The Labute approximate surface area is 93.4 Å². The molecule has 0 radical (unpaired) electrons. The molecule has 5 nitrogen and oxygen atoms in total. The van der Waals surface area contributed by atoms with Gasteiger partial charge in [0.05, 0.1) is 19.4 Å². The number of anilines is 1. The van der Waals surface area contributed by atoms with Gasteiger partial charge in [-0.15, -0.1) is 5.10 Å². The van der Waals surface area contributed by atoms with E-state index in [-0.39, 0.29) is 0 Å². The second kappa shape index (κ2) is 5.39. The molecule has 1 fully saturated rings. The van der Waals surface area contributed by atoms with E-state index in [2.05, 4.69) is 27.1 Å². The molecule has 6 heteroatoms. The van der Waals surface area contributed by atoms with Crippen molar-refractivity contribution in [1.29, 1.82) is 0 Å². The topological polar surface area (TPSA) is 59.1 Å². The second-order valence-corrected chi connectivity index (χ2v) is 4.57. The number of nitrogens with zero attached hydrogens (tertiary/aromatic N) is 2. The molecular weight excluding hydrogens is 212 g/mol. The third kappa shape index (κ3) is 3.40. The number of hydrogen-bond donors (Lipinski definition) is 2. The van der Waals surface area contributed by atoms with Crippen molar-refractivity contribution in [2.45, 2.75) is 25.4 Å². The quantitative estimate of drug-likeness (QED) is 0.795. The fourth-order valence-electron chi connectivity index (χ4n) is 1.73. The molecule has 1 aliphatic heterocycles. The number of aromatic nitrogens is 2. The Morgan fingerprint density at radius 2 is 2.73 bits per heavy atom. The van der Waals surface area contributed by atoms with Gasteiger partial charge >= 0.3 is 0 Å². The van der Waals surface area contributed by atoms with E-state index in [4.69, 9.17) is 4.74 Å². The van der Waals surface area contributed by atoms with Crippen molar-refractivity contribution >= 4 is 16.5 Å². The fraction of sp³-hybridized carbons (Fsp3) is 0.778. The van der Waals surface area contributed by atoms with Crippen LogP contribution in [0.4, 0.5) is 5.00 Å². The van der Waals surface area contributed by atoms with Crippen LogP contribution < -0.4 is 10.6 Å². The molecule has 2 rings (SSSR count). The van der Waals surface area contributed by atoms with Gasteiger partial charge in [-0.2, -0.15) is 0 Å². The first-order chi connectivity index (χ1) is 7.34. The molecule has 2 N–H and O–H groups in total. The van der Waals surface area contributed by atoms with Crippen LogP contribution in [0.1, 0.15) is 13.3 Å². The third-order valence-corrected chi connectivity index (χ3v) is 2.98. The summed E-state index contributed by atoms with van der Waals surface area (Å²) in [7, 11) is 0. The van der Waals surface area contributed by atoms with Crippen molar-refractivity contribution in [3.63, 3.8) is 0 Å². The van der Waals surface area contributed by atoms with Crippen molar-refractivity contribution < 1.29 is 4.74 Å². The van der Waals surface area contributed by atoms with Crippen LogP contribution in [0.15, 0.2) is 6.20 Å². The molecular formula is C9H16N4OS. The minimum Gasteiger partial charge on any atom is -0.379 e. The van der Waals surface area contributed by atoms with E-state index in [0.717, 1.165) is 31.2 Å². The Balaban J connectivity index is 1.74. The molecule has 2 heterocycles. The lowest BCUT2D eigenvalue weighted by atomic mass is 10.1. The number of nitrogens with one attached hydrogen (secondary N) is 2. The van der Waals surface area contributed by atoms with Crippen molar-refractivity contribution in [3.05, 3.63) is 6.20 Å². The maximum Gasteiger partial charge on any atom is 0.130 e. The molecule has 15 heavy (non-hydrogen) atoms. The van der Waals surface area contributed by atoms with Crippen LogP contribution in [-0.4, -0.2) is 41.4 Å². The summed E-state index contributed by atoms with van der Waals surface area (Å²) in [6.07, 6.45) is 2.81. The molecule has 1 aromatic rings. The van der Waals surface area contributed by atoms with Crippen LogP contribution in [0, 0.1) is 0 Å². The summed E-state index contributed by atoms with van der Waals surface area (Å²) in [6.45, 7) is 4.76. The van der Waals surface area contributed by atoms with E-state index in [0.29, 0.717) is 12.1 Å². The van der Waals surface area contributed by atoms with Gasteiger partial charge in [-0.05, 0) is 13.3 Å². The summed E-state index contributed by atoms with van der Waals surface area (Å²) < 4.78 is 9.22. The van der Waals surface area contributed by atoms with Gasteiger partial charge in [0.1, 0.15) is 5.00 Å². The minimum atomic E-state index is 0.409. The first-order valence-electron chi connectivity index (χ1n) is 5.19. The molecule has 0 saturated carbocycles. The number of hydrogen-bond acceptors (Lipinski definition) is 6. The van der Waals surface area contributed by atoms with E-state index in [1.807, 2.05) is 0 Å². The highest BCUT2D eigenvalue weighted by Crippen LogP contribution is 2.13. The van der Waals surface area contributed by atoms with Crippen molar-refractivity contribution in [2.75, 3.05) is 25.1 Å². The second-order valence-electron chi connectivity index (χ2n) is 3.79. The summed E-state index contributed by atoms with van der Waals surface area (Å²) in [5.74, 6) is 0. The Morgan fingerprint density at radius 1 is 1.80 bits per heavy atom. The lowest BCUT2D eigenvalue weighted by Gasteiger charge is -2.26. The maximum absolute atomic E-state index is 5.41. The van der Waals surface area contributed by atoms with Crippen LogP contribution in [0.3, 0.4) is 0 Å². The van der Waals surface area contributed by atoms with Crippen molar-refractivity contribution in [3.8, 4) is 0 Å². The first kappa shape index (κ1) is 10.8. The Kier molecular flexibility index (Phi) is 3.87. The lowest BCUT2D eigenvalue weighted by molar-refractivity contribution is 0.0731. The van der Waals surface area contributed by atoms with E-state index >= 15 is 0 Å². The molecule has 0 bridgehead atoms. The summed E-state index contributed by atoms with van der Waals surface area (Å²) in [4.78, 5) is 0. The van der Waals surface area contributed by atoms with E-state index < -0.39 is 0 Å². The van der Waals surface area contributed by atoms with Gasteiger partial charge in [-0.25, -0.2) is 0 Å². The molecule has 0 amide bonds. The van der Waals surface area contributed by atoms with Gasteiger partial charge in [0, 0.05) is 30.2 Å². The van der Waals surface area contributed by atoms with Gasteiger partial charge < -0.3 is 15.4 Å². The van der Waals surface area contributed by atoms with Gasteiger partial charge in [-0.3, -0.25) is 0 Å². The zero-order valence-electron chi connectivity index (χ0n) is 8.77. The van der Waals surface area contributed by atoms with Crippen LogP contribution in [0.25, 0.3) is 0 Å². The van der Waals surface area contributed by atoms with Crippen LogP contribution in [-0.2, 0) is 4.74 Å². The van der Waals surface area contributed by atoms with Crippen LogP contribution >= 0.6 is 11.5 Å². The molecule has 2 unspecified atom stereocenters. The Hall–Kier alpha value is -0.720. The van der Waals surface area contributed by atoms with E-state index in [9.17, 15) is 0 Å². The number of ether oxygens (including phenoxy) is 1. The summed E-state index contributed by atoms with van der Waals surface area (Å²) in [5, 5.41) is 11.6. The minimum absolute atomic E-state index is 0.409. The predicted molar refractivity (Wildman–Crippen MR) is 60.2 cm³/mol. The highest BCUT2D eigenvalue weighted by atomic mass is 32.1. The Morgan fingerprint density at radius 3 is 3.40 bits per heavy atom. The molecule has 84 valence electrons. The predicted octanol–water partition coefficient (Wildman–Crippen LogP) is 0.717. The highest BCUT2D eigenvalue weighted by Gasteiger charge is 2.16. The fourth-order valence-corrected chi connectivity index (χ4v) is 2.26. The monoisotopic (exact) mass is 228 g/mol. The van der Waals surface area contributed by atoms with Gasteiger partial charge in [0.15, 0.2) is 0 Å². The zero-order chi connectivity index (χ0) is 10.5. The normalized spacial score (nSPS) is 23.7. The van der Waals surface area contributed by atoms with Gasteiger partial charge in [0.2, 0.25) is 0 Å². The molecule has 1 saturated heterocycles. The largest absolute Gasteiger partial charge is 0.379 e. The smallest absolute Gasteiger partial charge is 0.130 e. The number of rotatable bonds is 4. The molecule has 0 aromatic carbocycles. The molecule has 1 aliphatic rings.